The van der Waals surface area contributed by atoms with Gasteiger partial charge in [-0.3, -0.25) is 14.5 Å². The maximum absolute atomic E-state index is 12.8. The Labute approximate surface area is 177 Å². The molecule has 1 unspecified atom stereocenters. The van der Waals surface area contributed by atoms with Gasteiger partial charge in [0.25, 0.3) is 11.5 Å². The number of nitrogens with zero attached hydrogens (tertiary/aromatic N) is 3. The maximum Gasteiger partial charge on any atom is 0.271 e. The molecule has 0 aliphatic rings. The summed E-state index contributed by atoms with van der Waals surface area (Å²) in [5.74, 6) is -0.287. The molecule has 0 radical (unpaired) electrons. The van der Waals surface area contributed by atoms with E-state index in [4.69, 9.17) is 0 Å². The van der Waals surface area contributed by atoms with Crippen LogP contribution in [0.3, 0.4) is 0 Å². The monoisotopic (exact) mass is 404 g/mol. The van der Waals surface area contributed by atoms with Crippen molar-refractivity contribution in [3.05, 3.63) is 94.4 Å². The van der Waals surface area contributed by atoms with Gasteiger partial charge in [-0.2, -0.15) is 9.78 Å². The molecule has 1 amide bonds. The minimum atomic E-state index is -0.287. The van der Waals surface area contributed by atoms with Crippen LogP contribution in [0, 0.1) is 0 Å². The minimum absolute atomic E-state index is 0.173. The fraction of sp³-hybridized carbons (Fsp3) is 0.292. The van der Waals surface area contributed by atoms with E-state index in [1.807, 2.05) is 36.4 Å². The van der Waals surface area contributed by atoms with Crippen LogP contribution in [0.2, 0.25) is 0 Å². The summed E-state index contributed by atoms with van der Waals surface area (Å²) in [4.78, 5) is 27.3. The lowest BCUT2D eigenvalue weighted by molar-refractivity contribution is 0.0928. The van der Waals surface area contributed by atoms with Crippen molar-refractivity contribution in [3.8, 4) is 5.69 Å². The third kappa shape index (κ3) is 5.42. The number of hydrogen-bond acceptors (Lipinski definition) is 4. The highest BCUT2D eigenvalue weighted by atomic mass is 16.2. The van der Waals surface area contributed by atoms with Gasteiger partial charge in [0.15, 0.2) is 0 Å². The topological polar surface area (TPSA) is 67.2 Å². The highest BCUT2D eigenvalue weighted by Crippen LogP contribution is 2.09. The second kappa shape index (κ2) is 10.5. The number of benzene rings is 2. The molecule has 0 bridgehead atoms. The second-order valence-electron chi connectivity index (χ2n) is 7.08. The summed E-state index contributed by atoms with van der Waals surface area (Å²) >= 11 is 0. The first kappa shape index (κ1) is 21.5. The van der Waals surface area contributed by atoms with Crippen molar-refractivity contribution >= 4 is 5.91 Å². The molecule has 1 aromatic heterocycles. The molecule has 3 aromatic rings. The van der Waals surface area contributed by atoms with Gasteiger partial charge in [-0.05, 0) is 43.3 Å². The molecule has 6 nitrogen and oxygen atoms in total. The molecule has 1 N–H and O–H groups in total. The summed E-state index contributed by atoms with van der Waals surface area (Å²) in [6.45, 7) is 6.56. The molecule has 0 aliphatic carbocycles. The Hall–Kier alpha value is -3.25. The predicted molar refractivity (Wildman–Crippen MR) is 119 cm³/mol. The average molecular weight is 405 g/mol. The number of hydrogen-bond donors (Lipinski definition) is 1. The molecular formula is C24H28N4O2. The van der Waals surface area contributed by atoms with Crippen molar-refractivity contribution < 1.29 is 4.79 Å². The third-order valence-corrected chi connectivity index (χ3v) is 5.17. The van der Waals surface area contributed by atoms with Gasteiger partial charge in [0, 0.05) is 18.7 Å². The Morgan fingerprint density at radius 1 is 0.967 bits per heavy atom. The standard InChI is InChI=1S/C24H28N4O2/c1-3-27(4-2)21(17-19-11-7-5-8-12-19)18-25-24(30)22-15-16-23(29)28(26-22)20-13-9-6-10-14-20/h5-16,21H,3-4,17-18H2,1-2H3,(H,25,30). The van der Waals surface area contributed by atoms with Crippen LogP contribution in [-0.4, -0.2) is 46.3 Å². The Kier molecular flexibility index (Phi) is 7.51. The van der Waals surface area contributed by atoms with Gasteiger partial charge >= 0.3 is 0 Å². The van der Waals surface area contributed by atoms with Crippen LogP contribution in [0.4, 0.5) is 0 Å². The van der Waals surface area contributed by atoms with E-state index >= 15 is 0 Å². The number of carbonyl (C=O) groups excluding carboxylic acids is 1. The fourth-order valence-electron chi connectivity index (χ4n) is 3.54. The van der Waals surface area contributed by atoms with Crippen molar-refractivity contribution in [2.75, 3.05) is 19.6 Å². The van der Waals surface area contributed by atoms with Crippen molar-refractivity contribution in [1.82, 2.24) is 20.0 Å². The Morgan fingerprint density at radius 2 is 1.60 bits per heavy atom. The molecule has 2 aromatic carbocycles. The number of rotatable bonds is 9. The lowest BCUT2D eigenvalue weighted by Gasteiger charge is -2.30. The minimum Gasteiger partial charge on any atom is -0.349 e. The summed E-state index contributed by atoms with van der Waals surface area (Å²) in [5.41, 5.74) is 1.81. The van der Waals surface area contributed by atoms with Gasteiger partial charge < -0.3 is 5.32 Å². The molecule has 0 saturated carbocycles. The highest BCUT2D eigenvalue weighted by Gasteiger charge is 2.19. The van der Waals surface area contributed by atoms with E-state index < -0.39 is 0 Å². The number of amides is 1. The van der Waals surface area contributed by atoms with Crippen LogP contribution in [0.1, 0.15) is 29.9 Å². The molecule has 3 rings (SSSR count). The van der Waals surface area contributed by atoms with E-state index in [0.29, 0.717) is 12.2 Å². The first-order chi connectivity index (χ1) is 14.6. The maximum atomic E-state index is 12.8. The number of likely N-dealkylation sites (N-methyl/N-ethyl adjacent to an activating group) is 1. The molecule has 0 aliphatic heterocycles. The largest absolute Gasteiger partial charge is 0.349 e. The molecule has 0 fully saturated rings. The van der Waals surface area contributed by atoms with Crippen LogP contribution >= 0.6 is 0 Å². The zero-order chi connectivity index (χ0) is 21.3. The van der Waals surface area contributed by atoms with E-state index in [2.05, 4.69) is 41.3 Å². The zero-order valence-electron chi connectivity index (χ0n) is 17.5. The molecule has 1 heterocycles. The van der Waals surface area contributed by atoms with Crippen LogP contribution < -0.4 is 10.9 Å². The smallest absolute Gasteiger partial charge is 0.271 e. The normalized spacial score (nSPS) is 12.0. The molecule has 0 spiro atoms. The van der Waals surface area contributed by atoms with Gasteiger partial charge in [0.1, 0.15) is 5.69 Å². The zero-order valence-corrected chi connectivity index (χ0v) is 17.5. The summed E-state index contributed by atoms with van der Waals surface area (Å²) in [6.07, 6.45) is 0.847. The van der Waals surface area contributed by atoms with Gasteiger partial charge in [-0.1, -0.05) is 62.4 Å². The van der Waals surface area contributed by atoms with E-state index in [0.717, 1.165) is 19.5 Å². The van der Waals surface area contributed by atoms with Crippen LogP contribution in [0.5, 0.6) is 0 Å². The third-order valence-electron chi connectivity index (χ3n) is 5.17. The fourth-order valence-corrected chi connectivity index (χ4v) is 3.54. The molecule has 30 heavy (non-hydrogen) atoms. The highest BCUT2D eigenvalue weighted by molar-refractivity contribution is 5.92. The predicted octanol–water partition coefficient (Wildman–Crippen LogP) is 2.92. The Morgan fingerprint density at radius 3 is 2.23 bits per heavy atom. The van der Waals surface area contributed by atoms with E-state index in [-0.39, 0.29) is 23.2 Å². The van der Waals surface area contributed by atoms with Gasteiger partial charge in [0.2, 0.25) is 0 Å². The van der Waals surface area contributed by atoms with Gasteiger partial charge in [-0.15, -0.1) is 0 Å². The lowest BCUT2D eigenvalue weighted by atomic mass is 10.0. The molecule has 0 saturated heterocycles. The van der Waals surface area contributed by atoms with Crippen LogP contribution in [0.15, 0.2) is 77.6 Å². The molecular weight excluding hydrogens is 376 g/mol. The summed E-state index contributed by atoms with van der Waals surface area (Å²) in [7, 11) is 0. The van der Waals surface area contributed by atoms with Crippen molar-refractivity contribution in [2.45, 2.75) is 26.3 Å². The van der Waals surface area contributed by atoms with Crippen molar-refractivity contribution in [3.63, 3.8) is 0 Å². The van der Waals surface area contributed by atoms with E-state index in [1.54, 1.807) is 12.1 Å². The SMILES string of the molecule is CCN(CC)C(CNC(=O)c1ccc(=O)n(-c2ccccc2)n1)Cc1ccccc1. The molecule has 156 valence electrons. The Bertz CT molecular complexity index is 998. The number of nitrogens with one attached hydrogen (secondary N) is 1. The number of carbonyl (C=O) groups is 1. The van der Waals surface area contributed by atoms with Gasteiger partial charge in [-0.25, -0.2) is 0 Å². The lowest BCUT2D eigenvalue weighted by Crippen LogP contribution is -2.45. The van der Waals surface area contributed by atoms with Crippen LogP contribution in [0.25, 0.3) is 5.69 Å². The quantitative estimate of drug-likeness (QED) is 0.596. The first-order valence-corrected chi connectivity index (χ1v) is 10.3. The van der Waals surface area contributed by atoms with E-state index in [9.17, 15) is 9.59 Å². The van der Waals surface area contributed by atoms with E-state index in [1.165, 1.54) is 22.4 Å². The summed E-state index contributed by atoms with van der Waals surface area (Å²) < 4.78 is 1.25. The van der Waals surface area contributed by atoms with Crippen LogP contribution in [-0.2, 0) is 6.42 Å². The Balaban J connectivity index is 1.74. The van der Waals surface area contributed by atoms with Gasteiger partial charge in [0.05, 0.1) is 5.69 Å². The number of aromatic nitrogens is 2. The second-order valence-corrected chi connectivity index (χ2v) is 7.08. The molecule has 6 heteroatoms. The summed E-state index contributed by atoms with van der Waals surface area (Å²) in [6, 6.07) is 22.4. The summed E-state index contributed by atoms with van der Waals surface area (Å²) in [5, 5.41) is 7.28. The molecule has 1 atom stereocenters. The number of para-hydroxylation sites is 1. The van der Waals surface area contributed by atoms with Crippen molar-refractivity contribution in [1.29, 1.82) is 0 Å². The first-order valence-electron chi connectivity index (χ1n) is 10.3. The van der Waals surface area contributed by atoms with Crippen molar-refractivity contribution in [2.24, 2.45) is 0 Å². The average Bonchev–Trinajstić information content (AvgIpc) is 2.79.